The third-order valence-electron chi connectivity index (χ3n) is 1.29. The van der Waals surface area contributed by atoms with E-state index in [4.69, 9.17) is 0 Å². The summed E-state index contributed by atoms with van der Waals surface area (Å²) in [5.41, 5.74) is 0. The normalized spacial score (nSPS) is 10.4. The van der Waals surface area contributed by atoms with Crippen molar-refractivity contribution in [2.24, 2.45) is 0 Å². The molecule has 0 heterocycles. The van der Waals surface area contributed by atoms with E-state index < -0.39 is 26.4 Å². The van der Waals surface area contributed by atoms with Crippen molar-refractivity contribution < 1.29 is 17.2 Å². The zero-order valence-corrected chi connectivity index (χ0v) is 9.03. The smallest absolute Gasteiger partial charge is 0.178 e. The molecule has 2 nitrogen and oxygen atoms in total. The first kappa shape index (κ1) is 13.0. The molecule has 0 bridgehead atoms. The molecule has 14 heavy (non-hydrogen) atoms. The van der Waals surface area contributed by atoms with Crippen molar-refractivity contribution in [1.29, 1.82) is 0 Å². The predicted molar refractivity (Wildman–Crippen MR) is 50.8 cm³/mol. The highest BCUT2D eigenvalue weighted by Gasteiger charge is 2.13. The van der Waals surface area contributed by atoms with Crippen molar-refractivity contribution in [3.63, 3.8) is 0 Å². The molecule has 0 spiro atoms. The molecule has 0 aliphatic heterocycles. The first-order chi connectivity index (χ1) is 6.41. The SMILES string of the molecule is CC.CS(=O)(=O)c1cc(F)ccc1F. The molecule has 0 aliphatic rings. The van der Waals surface area contributed by atoms with Gasteiger partial charge in [0.1, 0.15) is 16.5 Å². The predicted octanol–water partition coefficient (Wildman–Crippen LogP) is 2.39. The monoisotopic (exact) mass is 222 g/mol. The van der Waals surface area contributed by atoms with E-state index in [-0.39, 0.29) is 0 Å². The van der Waals surface area contributed by atoms with Gasteiger partial charge in [-0.2, -0.15) is 0 Å². The molecule has 0 aromatic heterocycles. The number of hydrogen-bond donors (Lipinski definition) is 0. The van der Waals surface area contributed by atoms with Gasteiger partial charge < -0.3 is 0 Å². The Hall–Kier alpha value is -0.970. The Balaban J connectivity index is 0.000000791. The van der Waals surface area contributed by atoms with Gasteiger partial charge >= 0.3 is 0 Å². The first-order valence-corrected chi connectivity index (χ1v) is 5.95. The van der Waals surface area contributed by atoms with Crippen molar-refractivity contribution >= 4 is 9.84 Å². The summed E-state index contributed by atoms with van der Waals surface area (Å²) < 4.78 is 46.8. The van der Waals surface area contributed by atoms with E-state index in [0.717, 1.165) is 18.4 Å². The average Bonchev–Trinajstić information content (AvgIpc) is 2.11. The van der Waals surface area contributed by atoms with Crippen LogP contribution >= 0.6 is 0 Å². The van der Waals surface area contributed by atoms with Crippen LogP contribution in [0.25, 0.3) is 0 Å². The van der Waals surface area contributed by atoms with Gasteiger partial charge in [-0.3, -0.25) is 0 Å². The third kappa shape index (κ3) is 3.41. The summed E-state index contributed by atoms with van der Waals surface area (Å²) in [6.07, 6.45) is 0.824. The lowest BCUT2D eigenvalue weighted by atomic mass is 10.3. The lowest BCUT2D eigenvalue weighted by Gasteiger charge is -1.98. The van der Waals surface area contributed by atoms with Crippen LogP contribution in [0.15, 0.2) is 23.1 Å². The molecule has 0 N–H and O–H groups in total. The lowest BCUT2D eigenvalue weighted by molar-refractivity contribution is 0.556. The Morgan fingerprint density at radius 3 is 2.00 bits per heavy atom. The highest BCUT2D eigenvalue weighted by molar-refractivity contribution is 7.90. The molecule has 0 atom stereocenters. The third-order valence-corrected chi connectivity index (χ3v) is 2.40. The number of halogens is 2. The summed E-state index contributed by atoms with van der Waals surface area (Å²) in [5.74, 6) is -1.70. The summed E-state index contributed by atoms with van der Waals surface area (Å²) in [6, 6.07) is 2.31. The van der Waals surface area contributed by atoms with Crippen LogP contribution in [-0.4, -0.2) is 14.7 Å². The maximum absolute atomic E-state index is 12.7. The first-order valence-electron chi connectivity index (χ1n) is 4.06. The maximum Gasteiger partial charge on any atom is 0.178 e. The molecule has 0 fully saturated rings. The van der Waals surface area contributed by atoms with Gasteiger partial charge in [-0.25, -0.2) is 17.2 Å². The van der Waals surface area contributed by atoms with E-state index in [1.807, 2.05) is 13.8 Å². The molecular formula is C9H12F2O2S. The zero-order valence-electron chi connectivity index (χ0n) is 8.21. The molecule has 80 valence electrons. The lowest BCUT2D eigenvalue weighted by Crippen LogP contribution is -2.00. The van der Waals surface area contributed by atoms with Gasteiger partial charge in [-0.15, -0.1) is 0 Å². The van der Waals surface area contributed by atoms with Crippen LogP contribution in [0.2, 0.25) is 0 Å². The van der Waals surface area contributed by atoms with Crippen molar-refractivity contribution in [3.05, 3.63) is 29.8 Å². The minimum Gasteiger partial charge on any atom is -0.224 e. The summed E-state index contributed by atoms with van der Waals surface area (Å²) in [6.45, 7) is 4.00. The Kier molecular flexibility index (Phi) is 4.70. The zero-order chi connectivity index (χ0) is 11.4. The molecular weight excluding hydrogens is 210 g/mol. The second-order valence-corrected chi connectivity index (χ2v) is 4.33. The fourth-order valence-electron chi connectivity index (χ4n) is 0.761. The van der Waals surface area contributed by atoms with Crippen molar-refractivity contribution in [1.82, 2.24) is 0 Å². The number of sulfone groups is 1. The molecule has 0 unspecified atom stereocenters. The number of hydrogen-bond acceptors (Lipinski definition) is 2. The highest BCUT2D eigenvalue weighted by Crippen LogP contribution is 2.14. The summed E-state index contributed by atoms with van der Waals surface area (Å²) >= 11 is 0. The highest BCUT2D eigenvalue weighted by atomic mass is 32.2. The van der Waals surface area contributed by atoms with Crippen LogP contribution < -0.4 is 0 Å². The summed E-state index contributed by atoms with van der Waals surface area (Å²) in [7, 11) is -3.67. The minimum atomic E-state index is -3.67. The van der Waals surface area contributed by atoms with Crippen molar-refractivity contribution in [2.75, 3.05) is 6.26 Å². The molecule has 0 amide bonds. The van der Waals surface area contributed by atoms with E-state index in [0.29, 0.717) is 6.07 Å². The van der Waals surface area contributed by atoms with Crippen LogP contribution in [0.5, 0.6) is 0 Å². The van der Waals surface area contributed by atoms with Crippen LogP contribution in [0, 0.1) is 11.6 Å². The minimum absolute atomic E-state index is 0.609. The molecule has 1 aromatic carbocycles. The van der Waals surface area contributed by atoms with Crippen LogP contribution in [0.3, 0.4) is 0 Å². The molecule has 5 heteroatoms. The Labute approximate surface area is 82.5 Å². The molecule has 0 radical (unpaired) electrons. The van der Waals surface area contributed by atoms with Crippen LogP contribution in [0.4, 0.5) is 8.78 Å². The topological polar surface area (TPSA) is 34.1 Å². The van der Waals surface area contributed by atoms with E-state index in [2.05, 4.69) is 0 Å². The molecule has 0 saturated heterocycles. The van der Waals surface area contributed by atoms with Crippen LogP contribution in [-0.2, 0) is 9.84 Å². The summed E-state index contributed by atoms with van der Waals surface area (Å²) in [4.78, 5) is -0.609. The largest absolute Gasteiger partial charge is 0.224 e. The molecule has 1 aromatic rings. The fraction of sp³-hybridized carbons (Fsp3) is 0.333. The van der Waals surface area contributed by atoms with Gasteiger partial charge in [0, 0.05) is 6.26 Å². The second kappa shape index (κ2) is 5.05. The quantitative estimate of drug-likeness (QED) is 0.731. The fourth-order valence-corrected chi connectivity index (χ4v) is 1.51. The van der Waals surface area contributed by atoms with Gasteiger partial charge in [0.2, 0.25) is 0 Å². The summed E-state index contributed by atoms with van der Waals surface area (Å²) in [5, 5.41) is 0. The van der Waals surface area contributed by atoms with Gasteiger partial charge in [-0.05, 0) is 18.2 Å². The van der Waals surface area contributed by atoms with Gasteiger partial charge in [0.05, 0.1) is 0 Å². The van der Waals surface area contributed by atoms with Crippen LogP contribution in [0.1, 0.15) is 13.8 Å². The average molecular weight is 222 g/mol. The molecule has 0 aliphatic carbocycles. The Morgan fingerprint density at radius 1 is 1.14 bits per heavy atom. The number of benzene rings is 1. The molecule has 0 saturated carbocycles. The standard InChI is InChI=1S/C7H6F2O2S.C2H6/c1-12(10,11)7-4-5(8)2-3-6(7)9;1-2/h2-4H,1H3;1-2H3. The van der Waals surface area contributed by atoms with Gasteiger partial charge in [0.25, 0.3) is 0 Å². The van der Waals surface area contributed by atoms with Crippen molar-refractivity contribution in [2.45, 2.75) is 18.7 Å². The Bertz CT molecular complexity index is 399. The second-order valence-electron chi connectivity index (χ2n) is 2.35. The van der Waals surface area contributed by atoms with E-state index in [1.54, 1.807) is 0 Å². The van der Waals surface area contributed by atoms with E-state index in [9.17, 15) is 17.2 Å². The van der Waals surface area contributed by atoms with Crippen molar-refractivity contribution in [3.8, 4) is 0 Å². The molecule has 1 rings (SSSR count). The number of rotatable bonds is 1. The van der Waals surface area contributed by atoms with Gasteiger partial charge in [0.15, 0.2) is 9.84 Å². The van der Waals surface area contributed by atoms with E-state index in [1.165, 1.54) is 0 Å². The Morgan fingerprint density at radius 2 is 1.64 bits per heavy atom. The van der Waals surface area contributed by atoms with E-state index >= 15 is 0 Å². The maximum atomic E-state index is 12.7. The van der Waals surface area contributed by atoms with Gasteiger partial charge in [-0.1, -0.05) is 13.8 Å².